The SMILES string of the molecule is C/C(=C\C[B]OC(C)(C)C)c1nc(C2=CC=CC=CC2)cc(-c2ccccc2)n1. The molecule has 3 nitrogen and oxygen atoms in total. The van der Waals surface area contributed by atoms with E-state index in [1.165, 1.54) is 5.57 Å². The maximum atomic E-state index is 5.71. The minimum absolute atomic E-state index is 0.175. The molecule has 29 heavy (non-hydrogen) atoms. The first-order valence-electron chi connectivity index (χ1n) is 10.1. The van der Waals surface area contributed by atoms with Gasteiger partial charge in [0.1, 0.15) is 0 Å². The Morgan fingerprint density at radius 2 is 1.83 bits per heavy atom. The first kappa shape index (κ1) is 21.0. The van der Waals surface area contributed by atoms with Gasteiger partial charge in [-0.05, 0) is 57.6 Å². The highest BCUT2D eigenvalue weighted by molar-refractivity contribution is 6.28. The summed E-state index contributed by atoms with van der Waals surface area (Å²) < 4.78 is 5.71. The molecule has 2 aromatic rings. The van der Waals surface area contributed by atoms with Crippen molar-refractivity contribution in [3.8, 4) is 11.3 Å². The number of aromatic nitrogens is 2. The Balaban J connectivity index is 1.93. The van der Waals surface area contributed by atoms with Crippen molar-refractivity contribution in [2.75, 3.05) is 0 Å². The molecule has 0 amide bonds. The van der Waals surface area contributed by atoms with Crippen molar-refractivity contribution in [2.24, 2.45) is 0 Å². The smallest absolute Gasteiger partial charge is 0.297 e. The molecule has 1 aromatic carbocycles. The highest BCUT2D eigenvalue weighted by Gasteiger charge is 2.12. The van der Waals surface area contributed by atoms with Gasteiger partial charge in [0.25, 0.3) is 7.48 Å². The van der Waals surface area contributed by atoms with Crippen LogP contribution < -0.4 is 0 Å². The Morgan fingerprint density at radius 3 is 2.59 bits per heavy atom. The molecule has 147 valence electrons. The van der Waals surface area contributed by atoms with Gasteiger partial charge in [-0.25, -0.2) is 9.97 Å². The fourth-order valence-electron chi connectivity index (χ4n) is 2.93. The van der Waals surface area contributed by atoms with E-state index < -0.39 is 0 Å². The fraction of sp³-hybridized carbons (Fsp3) is 0.280. The summed E-state index contributed by atoms with van der Waals surface area (Å²) in [6, 6.07) is 12.3. The van der Waals surface area contributed by atoms with E-state index in [0.717, 1.165) is 34.8 Å². The molecule has 0 fully saturated rings. The molecule has 1 aromatic heterocycles. The summed E-state index contributed by atoms with van der Waals surface area (Å²) in [4.78, 5) is 9.73. The molecule has 1 aliphatic rings. The summed E-state index contributed by atoms with van der Waals surface area (Å²) in [6.45, 7) is 8.19. The largest absolute Gasteiger partial charge is 0.436 e. The molecule has 1 aliphatic carbocycles. The van der Waals surface area contributed by atoms with Crippen molar-refractivity contribution >= 4 is 18.6 Å². The molecule has 0 spiro atoms. The Labute approximate surface area is 175 Å². The average Bonchev–Trinajstić information content (AvgIpc) is 3.00. The summed E-state index contributed by atoms with van der Waals surface area (Å²) in [5.74, 6) is 0.753. The third-order valence-electron chi connectivity index (χ3n) is 4.43. The van der Waals surface area contributed by atoms with Gasteiger partial charge in [-0.2, -0.15) is 0 Å². The second kappa shape index (κ2) is 9.66. The number of rotatable bonds is 6. The second-order valence-corrected chi connectivity index (χ2v) is 8.06. The molecule has 0 aliphatic heterocycles. The van der Waals surface area contributed by atoms with Gasteiger partial charge in [-0.15, -0.1) is 0 Å². The third kappa shape index (κ3) is 6.40. The van der Waals surface area contributed by atoms with Crippen molar-refractivity contribution in [3.63, 3.8) is 0 Å². The molecule has 0 atom stereocenters. The van der Waals surface area contributed by atoms with E-state index in [-0.39, 0.29) is 5.60 Å². The quantitative estimate of drug-likeness (QED) is 0.434. The van der Waals surface area contributed by atoms with Crippen LogP contribution in [0.25, 0.3) is 22.4 Å². The Kier molecular flexibility index (Phi) is 7.00. The molecule has 4 heteroatoms. The second-order valence-electron chi connectivity index (χ2n) is 8.06. The van der Waals surface area contributed by atoms with Crippen LogP contribution in [0.3, 0.4) is 0 Å². The third-order valence-corrected chi connectivity index (χ3v) is 4.43. The number of allylic oxidation sites excluding steroid dienone is 8. The summed E-state index contributed by atoms with van der Waals surface area (Å²) >= 11 is 0. The molecule has 0 unspecified atom stereocenters. The molecule has 0 N–H and O–H groups in total. The molecule has 0 saturated carbocycles. The average molecular weight is 383 g/mol. The van der Waals surface area contributed by atoms with Crippen LogP contribution in [0, 0.1) is 0 Å². The lowest BCUT2D eigenvalue weighted by molar-refractivity contribution is 0.139. The molecule has 0 bridgehead atoms. The number of hydrogen-bond acceptors (Lipinski definition) is 3. The van der Waals surface area contributed by atoms with Crippen LogP contribution in [0.4, 0.5) is 0 Å². The van der Waals surface area contributed by atoms with Crippen LogP contribution in [-0.2, 0) is 4.65 Å². The van der Waals surface area contributed by atoms with Crippen molar-refractivity contribution in [3.05, 3.63) is 84.4 Å². The van der Waals surface area contributed by atoms with Gasteiger partial charge >= 0.3 is 0 Å². The van der Waals surface area contributed by atoms with Crippen molar-refractivity contribution in [1.29, 1.82) is 0 Å². The predicted molar refractivity (Wildman–Crippen MR) is 123 cm³/mol. The van der Waals surface area contributed by atoms with Crippen LogP contribution >= 0.6 is 0 Å². The highest BCUT2D eigenvalue weighted by Crippen LogP contribution is 2.26. The summed E-state index contributed by atoms with van der Waals surface area (Å²) in [6.07, 6.45) is 14.1. The topological polar surface area (TPSA) is 35.0 Å². The number of benzene rings is 1. The van der Waals surface area contributed by atoms with Crippen molar-refractivity contribution in [2.45, 2.75) is 46.0 Å². The van der Waals surface area contributed by atoms with E-state index in [1.807, 2.05) is 52.5 Å². The van der Waals surface area contributed by atoms with Gasteiger partial charge in [-0.3, -0.25) is 0 Å². The summed E-state index contributed by atoms with van der Waals surface area (Å²) in [5, 5.41) is 0. The molecular weight excluding hydrogens is 355 g/mol. The van der Waals surface area contributed by atoms with Gasteiger partial charge in [0.15, 0.2) is 5.82 Å². The molecular formula is C25H28BN2O. The molecule has 1 radical (unpaired) electrons. The zero-order valence-electron chi connectivity index (χ0n) is 17.7. The van der Waals surface area contributed by atoms with Crippen LogP contribution in [-0.4, -0.2) is 23.1 Å². The molecule has 3 rings (SSSR count). The zero-order chi connectivity index (χ0) is 20.7. The van der Waals surface area contributed by atoms with Crippen LogP contribution in [0.1, 0.15) is 45.6 Å². The van der Waals surface area contributed by atoms with E-state index in [1.54, 1.807) is 0 Å². The normalized spacial score (nSPS) is 14.5. The van der Waals surface area contributed by atoms with Crippen molar-refractivity contribution < 1.29 is 4.65 Å². The lowest BCUT2D eigenvalue weighted by Crippen LogP contribution is -2.21. The molecule has 0 saturated heterocycles. The Bertz CT molecular complexity index is 951. The van der Waals surface area contributed by atoms with E-state index in [9.17, 15) is 0 Å². The first-order valence-corrected chi connectivity index (χ1v) is 10.1. The van der Waals surface area contributed by atoms with Crippen LogP contribution in [0.2, 0.25) is 6.32 Å². The van der Waals surface area contributed by atoms with E-state index >= 15 is 0 Å². The monoisotopic (exact) mass is 383 g/mol. The number of nitrogens with zero attached hydrogens (tertiary/aromatic N) is 2. The maximum absolute atomic E-state index is 5.71. The maximum Gasteiger partial charge on any atom is 0.297 e. The zero-order valence-corrected chi connectivity index (χ0v) is 17.7. The van der Waals surface area contributed by atoms with Crippen LogP contribution in [0.5, 0.6) is 0 Å². The van der Waals surface area contributed by atoms with Gasteiger partial charge < -0.3 is 4.65 Å². The van der Waals surface area contributed by atoms with E-state index in [4.69, 9.17) is 14.6 Å². The van der Waals surface area contributed by atoms with E-state index in [2.05, 4.69) is 55.5 Å². The van der Waals surface area contributed by atoms with Crippen molar-refractivity contribution in [1.82, 2.24) is 9.97 Å². The fourth-order valence-corrected chi connectivity index (χ4v) is 2.93. The standard InChI is InChI=1S/C25H28BN2O/c1-19(16-17-26-29-25(2,3)4)24-27-22(20-12-8-5-6-9-13-20)18-23(28-24)21-14-10-7-11-15-21/h5-12,14-16,18H,13,17H2,1-4H3/b19-16+. The first-order chi connectivity index (χ1) is 13.9. The van der Waals surface area contributed by atoms with Crippen LogP contribution in [0.15, 0.2) is 72.9 Å². The Morgan fingerprint density at radius 1 is 1.07 bits per heavy atom. The predicted octanol–water partition coefficient (Wildman–Crippen LogP) is 6.30. The van der Waals surface area contributed by atoms with E-state index in [0.29, 0.717) is 6.32 Å². The lowest BCUT2D eigenvalue weighted by atomic mass is 9.92. The minimum atomic E-state index is -0.175. The summed E-state index contributed by atoms with van der Waals surface area (Å²) in [7, 11) is 1.84. The van der Waals surface area contributed by atoms with Gasteiger partial charge in [-0.1, -0.05) is 66.8 Å². The van der Waals surface area contributed by atoms with Gasteiger partial charge in [0, 0.05) is 11.2 Å². The minimum Gasteiger partial charge on any atom is -0.436 e. The summed E-state index contributed by atoms with van der Waals surface area (Å²) in [5.41, 5.74) is 5.04. The molecule has 1 heterocycles. The number of hydrogen-bond donors (Lipinski definition) is 0. The Hall–Kier alpha value is -2.72. The van der Waals surface area contributed by atoms with Gasteiger partial charge in [0.2, 0.25) is 0 Å². The highest BCUT2D eigenvalue weighted by atomic mass is 16.5. The van der Waals surface area contributed by atoms with Gasteiger partial charge in [0.05, 0.1) is 11.4 Å². The lowest BCUT2D eigenvalue weighted by Gasteiger charge is -2.19.